The van der Waals surface area contributed by atoms with Crippen molar-refractivity contribution >= 4 is 27.0 Å². The van der Waals surface area contributed by atoms with Crippen LogP contribution in [-0.2, 0) is 27.8 Å². The lowest BCUT2D eigenvalue weighted by Crippen LogP contribution is -2.49. The number of amides is 1. The number of nitrogens with zero attached hydrogens (tertiary/aromatic N) is 5. The molecular weight excluding hydrogens is 438 g/mol. The maximum Gasteiger partial charge on any atom is 0.242 e. The molecule has 8 nitrogen and oxygen atoms in total. The van der Waals surface area contributed by atoms with Gasteiger partial charge >= 0.3 is 0 Å². The summed E-state index contributed by atoms with van der Waals surface area (Å²) < 4.78 is 28.5. The Balaban J connectivity index is 1.45. The molecule has 1 aromatic heterocycles. The monoisotopic (exact) mass is 475 g/mol. The Kier molecular flexibility index (Phi) is 7.40. The third-order valence-electron chi connectivity index (χ3n) is 6.81. The average molecular weight is 476 g/mol. The van der Waals surface area contributed by atoms with Gasteiger partial charge < -0.3 is 9.47 Å². The van der Waals surface area contributed by atoms with Gasteiger partial charge in [0, 0.05) is 66.2 Å². The number of piperazine rings is 1. The van der Waals surface area contributed by atoms with Gasteiger partial charge in [-0.3, -0.25) is 9.69 Å². The van der Waals surface area contributed by atoms with Gasteiger partial charge in [0.2, 0.25) is 15.9 Å². The van der Waals surface area contributed by atoms with E-state index in [9.17, 15) is 13.2 Å². The van der Waals surface area contributed by atoms with Gasteiger partial charge in [0.1, 0.15) is 5.82 Å². The zero-order chi connectivity index (χ0) is 23.6. The third kappa shape index (κ3) is 5.58. The summed E-state index contributed by atoms with van der Waals surface area (Å²) in [5.74, 6) is 1.93. The number of hydrogen-bond acceptors (Lipinski definition) is 5. The van der Waals surface area contributed by atoms with Crippen LogP contribution in [0.25, 0.3) is 11.0 Å². The molecule has 0 N–H and O–H groups in total. The van der Waals surface area contributed by atoms with Crippen LogP contribution in [0.1, 0.15) is 44.9 Å². The first-order chi connectivity index (χ1) is 15.8. The van der Waals surface area contributed by atoms with Crippen LogP contribution in [-0.4, -0.2) is 84.8 Å². The number of aromatic nitrogens is 2. The van der Waals surface area contributed by atoms with Crippen molar-refractivity contribution in [2.24, 2.45) is 5.92 Å². The van der Waals surface area contributed by atoms with Gasteiger partial charge in [-0.15, -0.1) is 0 Å². The zero-order valence-corrected chi connectivity index (χ0v) is 21.0. The molecule has 0 bridgehead atoms. The van der Waals surface area contributed by atoms with E-state index in [2.05, 4.69) is 16.4 Å². The van der Waals surface area contributed by atoms with Gasteiger partial charge in [0.05, 0.1) is 15.9 Å². The van der Waals surface area contributed by atoms with Crippen LogP contribution in [0.2, 0.25) is 0 Å². The third-order valence-corrected chi connectivity index (χ3v) is 8.62. The average Bonchev–Trinajstić information content (AvgIpc) is 3.55. The Labute approximate surface area is 197 Å². The molecule has 1 aromatic carbocycles. The van der Waals surface area contributed by atoms with E-state index in [-0.39, 0.29) is 10.8 Å². The summed E-state index contributed by atoms with van der Waals surface area (Å²) in [6, 6.07) is 5.15. The van der Waals surface area contributed by atoms with E-state index >= 15 is 0 Å². The lowest BCUT2D eigenvalue weighted by molar-refractivity contribution is -0.132. The molecule has 0 radical (unpaired) electrons. The van der Waals surface area contributed by atoms with E-state index in [1.165, 1.54) is 37.8 Å². The number of imidazole rings is 1. The summed E-state index contributed by atoms with van der Waals surface area (Å²) in [7, 11) is -0.458. The minimum atomic E-state index is -3.52. The van der Waals surface area contributed by atoms with Gasteiger partial charge in [-0.1, -0.05) is 13.3 Å². The van der Waals surface area contributed by atoms with Crippen molar-refractivity contribution in [3.05, 3.63) is 24.0 Å². The number of benzene rings is 1. The van der Waals surface area contributed by atoms with E-state index in [4.69, 9.17) is 4.98 Å². The van der Waals surface area contributed by atoms with Crippen molar-refractivity contribution in [2.45, 2.75) is 56.9 Å². The second-order valence-corrected chi connectivity index (χ2v) is 11.7. The van der Waals surface area contributed by atoms with Crippen LogP contribution < -0.4 is 0 Å². The van der Waals surface area contributed by atoms with Gasteiger partial charge in [0.25, 0.3) is 0 Å². The fourth-order valence-corrected chi connectivity index (χ4v) is 5.43. The number of fused-ring (bicyclic) bond motifs is 1. The molecule has 0 unspecified atom stereocenters. The van der Waals surface area contributed by atoms with E-state index < -0.39 is 10.0 Å². The number of rotatable bonds is 10. The lowest BCUT2D eigenvalue weighted by Gasteiger charge is -2.34. The largest absolute Gasteiger partial charge is 0.340 e. The number of aryl methyl sites for hydroxylation is 2. The van der Waals surface area contributed by atoms with Crippen molar-refractivity contribution in [3.63, 3.8) is 0 Å². The van der Waals surface area contributed by atoms with Gasteiger partial charge in [-0.25, -0.2) is 17.7 Å². The highest BCUT2D eigenvalue weighted by Gasteiger charge is 2.28. The molecule has 1 saturated heterocycles. The molecular formula is C24H37N5O3S. The molecule has 1 saturated carbocycles. The second-order valence-electron chi connectivity index (χ2n) is 9.60. The Morgan fingerprint density at radius 2 is 1.88 bits per heavy atom. The van der Waals surface area contributed by atoms with Crippen LogP contribution in [0.15, 0.2) is 23.1 Å². The lowest BCUT2D eigenvalue weighted by atomic mass is 10.2. The minimum Gasteiger partial charge on any atom is -0.340 e. The van der Waals surface area contributed by atoms with Crippen LogP contribution in [0.5, 0.6) is 0 Å². The van der Waals surface area contributed by atoms with Gasteiger partial charge in [-0.05, 0) is 43.4 Å². The molecule has 0 spiro atoms. The molecule has 182 valence electrons. The molecule has 1 aliphatic carbocycles. The van der Waals surface area contributed by atoms with Crippen LogP contribution in [0.3, 0.4) is 0 Å². The Bertz CT molecular complexity index is 1080. The van der Waals surface area contributed by atoms with Crippen molar-refractivity contribution < 1.29 is 13.2 Å². The zero-order valence-electron chi connectivity index (χ0n) is 20.2. The fraction of sp³-hybridized carbons (Fsp3) is 0.667. The molecule has 0 atom stereocenters. The molecule has 4 rings (SSSR count). The van der Waals surface area contributed by atoms with Crippen LogP contribution >= 0.6 is 0 Å². The first-order valence-corrected chi connectivity index (χ1v) is 13.7. The molecule has 9 heteroatoms. The molecule has 2 heterocycles. The molecule has 33 heavy (non-hydrogen) atoms. The Hall–Kier alpha value is -1.97. The Morgan fingerprint density at radius 3 is 2.52 bits per heavy atom. The van der Waals surface area contributed by atoms with E-state index in [0.29, 0.717) is 18.4 Å². The number of carbonyl (C=O) groups is 1. The van der Waals surface area contributed by atoms with E-state index in [1.807, 2.05) is 11.0 Å². The normalized spacial score (nSPS) is 17.9. The number of carbonyl (C=O) groups excluding carboxylic acids is 1. The topological polar surface area (TPSA) is 78.8 Å². The molecule has 2 aromatic rings. The second kappa shape index (κ2) is 10.1. The molecule has 2 aliphatic rings. The van der Waals surface area contributed by atoms with Crippen LogP contribution in [0, 0.1) is 5.92 Å². The first-order valence-electron chi connectivity index (χ1n) is 12.2. The maximum absolute atomic E-state index is 12.9. The predicted octanol–water partition coefficient (Wildman–Crippen LogP) is 2.57. The Morgan fingerprint density at radius 1 is 1.15 bits per heavy atom. The summed E-state index contributed by atoms with van der Waals surface area (Å²) in [5, 5.41) is 0. The van der Waals surface area contributed by atoms with Crippen molar-refractivity contribution in [1.29, 1.82) is 0 Å². The van der Waals surface area contributed by atoms with Gasteiger partial charge in [0.15, 0.2) is 0 Å². The molecule has 1 aliphatic heterocycles. The maximum atomic E-state index is 12.9. The van der Waals surface area contributed by atoms with Gasteiger partial charge in [-0.2, -0.15) is 0 Å². The quantitative estimate of drug-likeness (QED) is 0.528. The summed E-state index contributed by atoms with van der Waals surface area (Å²) in [6.45, 7) is 7.71. The highest BCUT2D eigenvalue weighted by atomic mass is 32.2. The standard InChI is InChI=1S/C24H37N5O3S/c1-4-5-12-29-22-9-8-20(33(31,32)26(2)3)17-21(22)25-23(29)10-11-24(30)28-15-13-27(14-16-28)18-19-6-7-19/h8-9,17,19H,4-7,10-16,18H2,1-3H3. The van der Waals surface area contributed by atoms with Crippen molar-refractivity contribution in [2.75, 3.05) is 46.8 Å². The summed E-state index contributed by atoms with van der Waals surface area (Å²) in [6.07, 6.45) is 5.78. The highest BCUT2D eigenvalue weighted by Crippen LogP contribution is 2.30. The van der Waals surface area contributed by atoms with E-state index in [1.54, 1.807) is 12.1 Å². The highest BCUT2D eigenvalue weighted by molar-refractivity contribution is 7.89. The SMILES string of the molecule is CCCCn1c(CCC(=O)N2CCN(CC3CC3)CC2)nc2cc(S(=O)(=O)N(C)C)ccc21. The molecule has 2 fully saturated rings. The summed E-state index contributed by atoms with van der Waals surface area (Å²) >= 11 is 0. The number of sulfonamides is 1. The summed E-state index contributed by atoms with van der Waals surface area (Å²) in [4.78, 5) is 22.4. The first kappa shape index (κ1) is 24.2. The number of unbranched alkanes of at least 4 members (excludes halogenated alkanes) is 1. The van der Waals surface area contributed by atoms with E-state index in [0.717, 1.165) is 62.8 Å². The smallest absolute Gasteiger partial charge is 0.242 e. The molecule has 1 amide bonds. The van der Waals surface area contributed by atoms with Crippen LogP contribution in [0.4, 0.5) is 0 Å². The van der Waals surface area contributed by atoms with Crippen molar-refractivity contribution in [3.8, 4) is 0 Å². The predicted molar refractivity (Wildman–Crippen MR) is 130 cm³/mol. The number of hydrogen-bond donors (Lipinski definition) is 0. The fourth-order valence-electron chi connectivity index (χ4n) is 4.51. The van der Waals surface area contributed by atoms with Crippen molar-refractivity contribution in [1.82, 2.24) is 23.7 Å². The summed E-state index contributed by atoms with van der Waals surface area (Å²) in [5.41, 5.74) is 1.60. The minimum absolute atomic E-state index is 0.186.